The molecule has 1 amide bonds. The lowest BCUT2D eigenvalue weighted by atomic mass is 10.2. The number of hydrogen-bond acceptors (Lipinski definition) is 3. The van der Waals surface area contributed by atoms with E-state index in [1.165, 1.54) is 0 Å². The van der Waals surface area contributed by atoms with Crippen LogP contribution in [-0.4, -0.2) is 37.6 Å². The van der Waals surface area contributed by atoms with E-state index in [2.05, 4.69) is 11.2 Å². The summed E-state index contributed by atoms with van der Waals surface area (Å²) < 4.78 is 5.44. The van der Waals surface area contributed by atoms with Gasteiger partial charge in [-0.2, -0.15) is 0 Å². The Balaban J connectivity index is 2.49. The van der Waals surface area contributed by atoms with Gasteiger partial charge in [-0.15, -0.1) is 6.42 Å². The van der Waals surface area contributed by atoms with E-state index in [-0.39, 0.29) is 12.5 Å². The van der Waals surface area contributed by atoms with Crippen molar-refractivity contribution in [2.75, 3.05) is 26.7 Å². The van der Waals surface area contributed by atoms with Crippen LogP contribution < -0.4 is 10.1 Å². The molecule has 4 nitrogen and oxygen atoms in total. The molecule has 1 N–H and O–H groups in total. The number of amides is 1. The van der Waals surface area contributed by atoms with Crippen LogP contribution in [0, 0.1) is 12.3 Å². The number of terminal acetylenes is 1. The molecule has 0 fully saturated rings. The number of nitrogens with one attached hydrogen (secondary N) is 1. The van der Waals surface area contributed by atoms with Crippen molar-refractivity contribution in [3.05, 3.63) is 29.8 Å². The number of hydrogen-bond donors (Lipinski definition) is 1. The molecule has 0 saturated carbocycles. The number of para-hydroxylation sites is 1. The molecule has 0 saturated heterocycles. The minimum absolute atomic E-state index is 0.0736. The highest BCUT2D eigenvalue weighted by Gasteiger charge is 2.07. The van der Waals surface area contributed by atoms with Crippen LogP contribution in [-0.2, 0) is 11.3 Å². The van der Waals surface area contributed by atoms with E-state index < -0.39 is 0 Å². The summed E-state index contributed by atoms with van der Waals surface area (Å²) in [6, 6.07) is 7.65. The average Bonchev–Trinajstić information content (AvgIpc) is 2.45. The Morgan fingerprint density at radius 2 is 2.21 bits per heavy atom. The first-order chi connectivity index (χ1) is 9.19. The number of carbonyl (C=O) groups excluding carboxylic acids is 1. The van der Waals surface area contributed by atoms with Crippen molar-refractivity contribution >= 4 is 5.91 Å². The summed E-state index contributed by atoms with van der Waals surface area (Å²) in [5, 5.41) is 3.11. The molecule has 102 valence electrons. The molecule has 4 heteroatoms. The van der Waals surface area contributed by atoms with E-state index in [1.807, 2.05) is 31.2 Å². The zero-order valence-electron chi connectivity index (χ0n) is 11.5. The van der Waals surface area contributed by atoms with E-state index in [4.69, 9.17) is 11.2 Å². The minimum atomic E-state index is 0.0736. The van der Waals surface area contributed by atoms with E-state index in [0.29, 0.717) is 19.6 Å². The smallest absolute Gasteiger partial charge is 0.236 e. The van der Waals surface area contributed by atoms with Crippen LogP contribution in [0.2, 0.25) is 0 Å². The van der Waals surface area contributed by atoms with Crippen molar-refractivity contribution in [2.24, 2.45) is 0 Å². The molecular formula is C15H20N2O2. The first kappa shape index (κ1) is 15.1. The van der Waals surface area contributed by atoms with E-state index in [9.17, 15) is 4.79 Å². The lowest BCUT2D eigenvalue weighted by Crippen LogP contribution is -2.35. The second kappa shape index (κ2) is 8.17. The molecule has 0 heterocycles. The maximum absolute atomic E-state index is 11.6. The van der Waals surface area contributed by atoms with Gasteiger partial charge in [-0.25, -0.2) is 0 Å². The Morgan fingerprint density at radius 1 is 1.47 bits per heavy atom. The van der Waals surface area contributed by atoms with Crippen LogP contribution in [0.5, 0.6) is 5.75 Å². The van der Waals surface area contributed by atoms with Crippen LogP contribution in [0.25, 0.3) is 0 Å². The fraction of sp³-hybridized carbons (Fsp3) is 0.400. The van der Waals surface area contributed by atoms with Gasteiger partial charge in [0.2, 0.25) is 5.91 Å². The molecular weight excluding hydrogens is 240 g/mol. The van der Waals surface area contributed by atoms with E-state index in [0.717, 1.165) is 11.3 Å². The van der Waals surface area contributed by atoms with Gasteiger partial charge >= 0.3 is 0 Å². The lowest BCUT2D eigenvalue weighted by Gasteiger charge is -2.15. The van der Waals surface area contributed by atoms with E-state index >= 15 is 0 Å². The fourth-order valence-electron chi connectivity index (χ4n) is 1.53. The van der Waals surface area contributed by atoms with Gasteiger partial charge < -0.3 is 15.0 Å². The molecule has 0 aliphatic carbocycles. The highest BCUT2D eigenvalue weighted by atomic mass is 16.5. The average molecular weight is 260 g/mol. The number of ether oxygens (including phenoxy) is 1. The third kappa shape index (κ3) is 5.02. The third-order valence-electron chi connectivity index (χ3n) is 2.78. The number of benzene rings is 1. The van der Waals surface area contributed by atoms with Gasteiger partial charge in [0.1, 0.15) is 12.4 Å². The van der Waals surface area contributed by atoms with Crippen LogP contribution in [0.1, 0.15) is 12.5 Å². The topological polar surface area (TPSA) is 41.6 Å². The molecule has 0 aliphatic rings. The second-order valence-electron chi connectivity index (χ2n) is 4.11. The second-order valence-corrected chi connectivity index (χ2v) is 4.11. The van der Waals surface area contributed by atoms with Crippen LogP contribution in [0.15, 0.2) is 24.3 Å². The van der Waals surface area contributed by atoms with Crippen LogP contribution in [0.4, 0.5) is 0 Å². The quantitative estimate of drug-likeness (QED) is 0.751. The Bertz CT molecular complexity index is 452. The molecule has 0 spiro atoms. The van der Waals surface area contributed by atoms with Crippen molar-refractivity contribution in [1.29, 1.82) is 0 Å². The molecule has 0 aliphatic heterocycles. The molecule has 0 radical (unpaired) electrons. The Kier molecular flexibility index (Phi) is 6.48. The molecule has 19 heavy (non-hydrogen) atoms. The predicted octanol–water partition coefficient (Wildman–Crippen LogP) is 1.27. The summed E-state index contributed by atoms with van der Waals surface area (Å²) in [4.78, 5) is 13.3. The van der Waals surface area contributed by atoms with Gasteiger partial charge in [0.05, 0.1) is 6.54 Å². The van der Waals surface area contributed by atoms with Crippen LogP contribution >= 0.6 is 0 Å². The molecule has 1 aromatic carbocycles. The summed E-state index contributed by atoms with van der Waals surface area (Å²) in [5.74, 6) is 3.26. The van der Waals surface area contributed by atoms with Crippen molar-refractivity contribution in [3.63, 3.8) is 0 Å². The summed E-state index contributed by atoms with van der Waals surface area (Å²) in [6.07, 6.45) is 5.17. The van der Waals surface area contributed by atoms with Crippen molar-refractivity contribution in [2.45, 2.75) is 13.5 Å². The van der Waals surface area contributed by atoms with E-state index in [1.54, 1.807) is 11.9 Å². The summed E-state index contributed by atoms with van der Waals surface area (Å²) in [7, 11) is 1.79. The standard InChI is InChI=1S/C15H20N2O2/c1-4-10-19-14-9-7-6-8-13(14)11-16-12-15(18)17(3)5-2/h1,6-9,16H,5,10-12H2,2-3H3. The van der Waals surface area contributed by atoms with Gasteiger partial charge in [0, 0.05) is 25.7 Å². The first-order valence-electron chi connectivity index (χ1n) is 6.27. The third-order valence-corrected chi connectivity index (χ3v) is 2.78. The van der Waals surface area contributed by atoms with Crippen molar-refractivity contribution in [3.8, 4) is 18.1 Å². The largest absolute Gasteiger partial charge is 0.481 e. The lowest BCUT2D eigenvalue weighted by molar-refractivity contribution is -0.128. The van der Waals surface area contributed by atoms with Gasteiger partial charge in [0.25, 0.3) is 0 Å². The predicted molar refractivity (Wildman–Crippen MR) is 75.8 cm³/mol. The minimum Gasteiger partial charge on any atom is -0.481 e. The number of likely N-dealkylation sites (N-methyl/N-ethyl adjacent to an activating group) is 1. The zero-order chi connectivity index (χ0) is 14.1. The molecule has 0 aromatic heterocycles. The summed E-state index contributed by atoms with van der Waals surface area (Å²) >= 11 is 0. The highest BCUT2D eigenvalue weighted by molar-refractivity contribution is 5.77. The van der Waals surface area contributed by atoms with Gasteiger partial charge in [-0.3, -0.25) is 4.79 Å². The highest BCUT2D eigenvalue weighted by Crippen LogP contribution is 2.17. The number of carbonyl (C=O) groups is 1. The van der Waals surface area contributed by atoms with Crippen molar-refractivity contribution in [1.82, 2.24) is 10.2 Å². The molecule has 0 atom stereocenters. The Hall–Kier alpha value is -1.99. The molecule has 1 rings (SSSR count). The van der Waals surface area contributed by atoms with Crippen LogP contribution in [0.3, 0.4) is 0 Å². The van der Waals surface area contributed by atoms with Gasteiger partial charge in [-0.05, 0) is 13.0 Å². The maximum atomic E-state index is 11.6. The number of rotatable bonds is 7. The van der Waals surface area contributed by atoms with Crippen molar-refractivity contribution < 1.29 is 9.53 Å². The SMILES string of the molecule is C#CCOc1ccccc1CNCC(=O)N(C)CC. The maximum Gasteiger partial charge on any atom is 0.236 e. The summed E-state index contributed by atoms with van der Waals surface area (Å²) in [6.45, 7) is 3.79. The molecule has 0 unspecified atom stereocenters. The molecule has 1 aromatic rings. The molecule has 0 bridgehead atoms. The van der Waals surface area contributed by atoms with Gasteiger partial charge in [0.15, 0.2) is 0 Å². The fourth-order valence-corrected chi connectivity index (χ4v) is 1.53. The van der Waals surface area contributed by atoms with Gasteiger partial charge in [-0.1, -0.05) is 24.1 Å². The Morgan fingerprint density at radius 3 is 2.89 bits per heavy atom. The first-order valence-corrected chi connectivity index (χ1v) is 6.27. The zero-order valence-corrected chi connectivity index (χ0v) is 11.5. The summed E-state index contributed by atoms with van der Waals surface area (Å²) in [5.41, 5.74) is 0.990. The normalized spacial score (nSPS) is 9.74. The number of nitrogens with zero attached hydrogens (tertiary/aromatic N) is 1. The Labute approximate surface area is 114 Å². The monoisotopic (exact) mass is 260 g/mol.